The highest BCUT2D eigenvalue weighted by Gasteiger charge is 1.93. The van der Waals surface area contributed by atoms with Gasteiger partial charge in [-0.25, -0.2) is 4.98 Å². The van der Waals surface area contributed by atoms with Gasteiger partial charge in [-0.05, 0) is 13.0 Å². The third-order valence-corrected chi connectivity index (χ3v) is 1.71. The van der Waals surface area contributed by atoms with Gasteiger partial charge in [0.15, 0.2) is 0 Å². The van der Waals surface area contributed by atoms with Crippen molar-refractivity contribution in [2.45, 2.75) is 6.92 Å². The fourth-order valence-electron chi connectivity index (χ4n) is 0.605. The van der Waals surface area contributed by atoms with Crippen molar-refractivity contribution in [3.8, 4) is 0 Å². The molecule has 58 valence electrons. The van der Waals surface area contributed by atoms with Gasteiger partial charge < -0.3 is 0 Å². The topological polar surface area (TPSA) is 12.9 Å². The Morgan fingerprint density at radius 1 is 1.55 bits per heavy atom. The number of allylic oxidation sites excluding steroid dienone is 3. The number of aromatic nitrogens is 1. The summed E-state index contributed by atoms with van der Waals surface area (Å²) in [6, 6.07) is 0. The maximum Gasteiger partial charge on any atom is 0.269 e. The molecular formula is C8H8FNS. The van der Waals surface area contributed by atoms with E-state index in [2.05, 4.69) is 4.98 Å². The Labute approximate surface area is 68.9 Å². The summed E-state index contributed by atoms with van der Waals surface area (Å²) in [4.78, 5) is 3.61. The quantitative estimate of drug-likeness (QED) is 0.619. The van der Waals surface area contributed by atoms with Crippen LogP contribution < -0.4 is 0 Å². The van der Waals surface area contributed by atoms with Crippen LogP contribution in [0.4, 0.5) is 4.39 Å². The SMILES string of the molecule is C/C=C/C=C/c1csc([18F])n1. The second-order valence-corrected chi connectivity index (χ2v) is 2.72. The largest absolute Gasteiger partial charge is 0.269 e. The van der Waals surface area contributed by atoms with Crippen molar-refractivity contribution in [3.63, 3.8) is 0 Å². The summed E-state index contributed by atoms with van der Waals surface area (Å²) < 4.78 is 12.3. The van der Waals surface area contributed by atoms with Gasteiger partial charge in [0, 0.05) is 5.38 Å². The van der Waals surface area contributed by atoms with E-state index < -0.39 is 0 Å². The molecule has 0 spiro atoms. The average molecular weight is 168 g/mol. The first-order valence-electron chi connectivity index (χ1n) is 3.23. The standard InChI is InChI=1S/C8H8FNS/c1-2-3-4-5-7-6-11-8(9)10-7/h2-6H,1H3/b3-2+,5-4+/i9-1. The highest BCUT2D eigenvalue weighted by atomic mass is 32.1. The van der Waals surface area contributed by atoms with E-state index in [1.165, 1.54) is 0 Å². The van der Waals surface area contributed by atoms with E-state index in [0.717, 1.165) is 11.3 Å². The molecule has 0 aliphatic carbocycles. The van der Waals surface area contributed by atoms with Gasteiger partial charge in [-0.2, -0.15) is 4.39 Å². The molecule has 1 aromatic rings. The van der Waals surface area contributed by atoms with Crippen molar-refractivity contribution in [1.82, 2.24) is 4.98 Å². The summed E-state index contributed by atoms with van der Waals surface area (Å²) in [5.41, 5.74) is 0.672. The van der Waals surface area contributed by atoms with Crippen molar-refractivity contribution in [3.05, 3.63) is 34.6 Å². The average Bonchev–Trinajstić information content (AvgIpc) is 2.37. The van der Waals surface area contributed by atoms with Crippen molar-refractivity contribution in [2.75, 3.05) is 0 Å². The fourth-order valence-corrected chi connectivity index (χ4v) is 1.11. The van der Waals surface area contributed by atoms with Crippen LogP contribution in [-0.2, 0) is 0 Å². The molecule has 0 amide bonds. The lowest BCUT2D eigenvalue weighted by molar-refractivity contribution is 0.616. The van der Waals surface area contributed by atoms with Gasteiger partial charge >= 0.3 is 0 Å². The first-order valence-corrected chi connectivity index (χ1v) is 4.11. The smallest absolute Gasteiger partial charge is 0.210 e. The molecule has 11 heavy (non-hydrogen) atoms. The molecule has 0 radical (unpaired) electrons. The fraction of sp³-hybridized carbons (Fsp3) is 0.125. The van der Waals surface area contributed by atoms with E-state index >= 15 is 0 Å². The first-order chi connectivity index (χ1) is 5.33. The zero-order chi connectivity index (χ0) is 8.10. The normalized spacial score (nSPS) is 11.8. The molecule has 0 fully saturated rings. The molecule has 1 aromatic heterocycles. The number of halogens is 1. The monoisotopic (exact) mass is 168 g/mol. The van der Waals surface area contributed by atoms with Gasteiger partial charge in [0.25, 0.3) is 5.26 Å². The molecule has 0 atom stereocenters. The minimum atomic E-state index is -0.384. The Morgan fingerprint density at radius 3 is 2.91 bits per heavy atom. The van der Waals surface area contributed by atoms with E-state index in [9.17, 15) is 4.39 Å². The zero-order valence-corrected chi connectivity index (χ0v) is 6.94. The van der Waals surface area contributed by atoms with E-state index in [4.69, 9.17) is 0 Å². The Hall–Kier alpha value is -0.960. The number of hydrogen-bond donors (Lipinski definition) is 0. The van der Waals surface area contributed by atoms with E-state index in [-0.39, 0.29) is 5.26 Å². The third kappa shape index (κ3) is 2.63. The lowest BCUT2D eigenvalue weighted by Gasteiger charge is -1.76. The van der Waals surface area contributed by atoms with Gasteiger partial charge in [0.2, 0.25) is 0 Å². The molecule has 0 N–H and O–H groups in total. The molecule has 0 bridgehead atoms. The highest BCUT2D eigenvalue weighted by molar-refractivity contribution is 7.08. The van der Waals surface area contributed by atoms with E-state index in [0.29, 0.717) is 5.69 Å². The van der Waals surface area contributed by atoms with Gasteiger partial charge in [0.1, 0.15) is 0 Å². The summed E-state index contributed by atoms with van der Waals surface area (Å²) in [7, 11) is 0. The predicted octanol–water partition coefficient (Wildman–Crippen LogP) is 2.87. The van der Waals surface area contributed by atoms with Crippen LogP contribution >= 0.6 is 11.3 Å². The van der Waals surface area contributed by atoms with Crippen molar-refractivity contribution < 1.29 is 4.39 Å². The molecule has 0 aliphatic rings. The summed E-state index contributed by atoms with van der Waals surface area (Å²) >= 11 is 1.01. The maximum atomic E-state index is 12.3. The number of thiazole rings is 1. The molecule has 1 rings (SSSR count). The summed E-state index contributed by atoms with van der Waals surface area (Å²) in [6.45, 7) is 1.92. The van der Waals surface area contributed by atoms with Crippen molar-refractivity contribution in [2.24, 2.45) is 0 Å². The summed E-state index contributed by atoms with van der Waals surface area (Å²) in [5, 5.41) is 1.29. The molecule has 0 saturated carbocycles. The molecule has 1 heterocycles. The van der Waals surface area contributed by atoms with Crippen LogP contribution in [0.5, 0.6) is 0 Å². The molecule has 0 saturated heterocycles. The lowest BCUT2D eigenvalue weighted by Crippen LogP contribution is -1.70. The first kappa shape index (κ1) is 8.14. The minimum absolute atomic E-state index is 0.384. The number of hydrogen-bond acceptors (Lipinski definition) is 2. The molecule has 3 heteroatoms. The third-order valence-electron chi connectivity index (χ3n) is 1.06. The highest BCUT2D eigenvalue weighted by Crippen LogP contribution is 2.08. The van der Waals surface area contributed by atoms with E-state index in [1.807, 2.05) is 25.2 Å². The molecule has 1 nitrogen and oxygen atoms in total. The Kier molecular flexibility index (Phi) is 2.98. The van der Waals surface area contributed by atoms with Gasteiger partial charge in [-0.3, -0.25) is 0 Å². The Bertz CT molecular complexity index is 275. The van der Waals surface area contributed by atoms with Crippen LogP contribution in [0.3, 0.4) is 0 Å². The Morgan fingerprint density at radius 2 is 2.36 bits per heavy atom. The van der Waals surface area contributed by atoms with Crippen LogP contribution in [-0.4, -0.2) is 4.98 Å². The van der Waals surface area contributed by atoms with Crippen molar-refractivity contribution in [1.29, 1.82) is 0 Å². The van der Waals surface area contributed by atoms with Gasteiger partial charge in [-0.1, -0.05) is 29.6 Å². The maximum absolute atomic E-state index is 12.3. The van der Waals surface area contributed by atoms with Gasteiger partial charge in [-0.15, -0.1) is 0 Å². The zero-order valence-electron chi connectivity index (χ0n) is 6.12. The van der Waals surface area contributed by atoms with E-state index in [1.54, 1.807) is 11.5 Å². The van der Waals surface area contributed by atoms with Crippen LogP contribution in [0.2, 0.25) is 0 Å². The van der Waals surface area contributed by atoms with Crippen LogP contribution in [0.25, 0.3) is 6.08 Å². The van der Waals surface area contributed by atoms with Gasteiger partial charge in [0.05, 0.1) is 5.69 Å². The summed E-state index contributed by atoms with van der Waals surface area (Å²) in [6.07, 6.45) is 7.37. The second-order valence-electron chi connectivity index (χ2n) is 1.91. The van der Waals surface area contributed by atoms with Crippen LogP contribution in [0, 0.1) is 5.26 Å². The lowest BCUT2D eigenvalue weighted by atomic mass is 10.4. The summed E-state index contributed by atoms with van der Waals surface area (Å²) in [5.74, 6) is 0. The molecule has 0 unspecified atom stereocenters. The second kappa shape index (κ2) is 4.03. The Balaban J connectivity index is 2.64. The van der Waals surface area contributed by atoms with Crippen LogP contribution in [0.15, 0.2) is 23.6 Å². The predicted molar refractivity (Wildman–Crippen MR) is 45.9 cm³/mol. The molecule has 0 aromatic carbocycles. The number of nitrogens with zero attached hydrogens (tertiary/aromatic N) is 1. The van der Waals surface area contributed by atoms with Crippen LogP contribution in [0.1, 0.15) is 12.6 Å². The minimum Gasteiger partial charge on any atom is -0.210 e. The molecule has 0 aliphatic heterocycles. The number of rotatable bonds is 2. The molecular weight excluding hydrogens is 160 g/mol. The van der Waals surface area contributed by atoms with Crippen molar-refractivity contribution >= 4 is 17.4 Å².